The Hall–Kier alpha value is -1.75. The molecule has 1 N–H and O–H groups in total. The number of methoxy groups -OCH3 is 1. The highest BCUT2D eigenvalue weighted by Crippen LogP contribution is 2.48. The zero-order chi connectivity index (χ0) is 14.1. The van der Waals surface area contributed by atoms with Gasteiger partial charge >= 0.3 is 0 Å². The Bertz CT molecular complexity index is 517. The fourth-order valence-corrected chi connectivity index (χ4v) is 2.49. The van der Waals surface area contributed by atoms with Crippen molar-refractivity contribution in [2.75, 3.05) is 20.3 Å². The zero-order valence-corrected chi connectivity index (χ0v) is 11.7. The number of para-hydroxylation sites is 1. The number of amides is 1. The van der Waals surface area contributed by atoms with E-state index in [9.17, 15) is 4.79 Å². The smallest absolute Gasteiger partial charge is 0.249 e. The summed E-state index contributed by atoms with van der Waals surface area (Å²) >= 11 is 0. The first-order chi connectivity index (χ1) is 9.70. The third kappa shape index (κ3) is 2.45. The summed E-state index contributed by atoms with van der Waals surface area (Å²) in [5.74, 6) is 1.87. The molecule has 1 amide bonds. The van der Waals surface area contributed by atoms with Gasteiger partial charge in [-0.15, -0.1) is 0 Å². The van der Waals surface area contributed by atoms with Crippen LogP contribution in [0, 0.1) is 0 Å². The van der Waals surface area contributed by atoms with Crippen LogP contribution in [0.25, 0.3) is 0 Å². The van der Waals surface area contributed by atoms with Crippen LogP contribution in [0.1, 0.15) is 24.8 Å². The summed E-state index contributed by atoms with van der Waals surface area (Å²) in [7, 11) is 1.54. The number of nitrogens with one attached hydrogen (secondary N) is 1. The molecule has 1 saturated carbocycles. The van der Waals surface area contributed by atoms with E-state index in [-0.39, 0.29) is 11.9 Å². The molecule has 1 aromatic rings. The third-order valence-electron chi connectivity index (χ3n) is 3.84. The quantitative estimate of drug-likeness (QED) is 0.905. The van der Waals surface area contributed by atoms with E-state index < -0.39 is 6.10 Å². The largest absolute Gasteiger partial charge is 0.486 e. The first-order valence-corrected chi connectivity index (χ1v) is 6.92. The van der Waals surface area contributed by atoms with Crippen LogP contribution in [0.5, 0.6) is 11.5 Å². The van der Waals surface area contributed by atoms with Crippen LogP contribution in [-0.2, 0) is 9.53 Å². The molecule has 5 heteroatoms. The summed E-state index contributed by atoms with van der Waals surface area (Å²) in [6, 6.07) is 6.10. The van der Waals surface area contributed by atoms with E-state index in [1.165, 1.54) is 7.11 Å². The maximum Gasteiger partial charge on any atom is 0.249 e. The summed E-state index contributed by atoms with van der Waals surface area (Å²) in [6.45, 7) is 2.91. The lowest BCUT2D eigenvalue weighted by molar-refractivity contribution is -0.130. The molecular weight excluding hydrogens is 258 g/mol. The number of fused-ring (bicyclic) bond motifs is 1. The van der Waals surface area contributed by atoms with Crippen molar-refractivity contribution < 1.29 is 19.0 Å². The molecule has 0 aromatic heterocycles. The average molecular weight is 277 g/mol. The molecule has 1 heterocycles. The van der Waals surface area contributed by atoms with Gasteiger partial charge < -0.3 is 19.5 Å². The molecule has 20 heavy (non-hydrogen) atoms. The van der Waals surface area contributed by atoms with Crippen LogP contribution >= 0.6 is 0 Å². The number of carbonyl (C=O) groups excluding carboxylic acids is 1. The average Bonchev–Trinajstić information content (AvgIpc) is 3.24. The Morgan fingerprint density at radius 3 is 3.00 bits per heavy atom. The van der Waals surface area contributed by atoms with Gasteiger partial charge in [0, 0.05) is 24.6 Å². The van der Waals surface area contributed by atoms with Crippen molar-refractivity contribution in [2.45, 2.75) is 31.4 Å². The SMILES string of the molecule is COC(C)C(=O)NC1CC1c1cccc2c1OCCO2. The molecular formula is C15H19NO4. The minimum atomic E-state index is -0.416. The van der Waals surface area contributed by atoms with Gasteiger partial charge in [0.05, 0.1) is 0 Å². The van der Waals surface area contributed by atoms with Crippen molar-refractivity contribution in [1.29, 1.82) is 0 Å². The lowest BCUT2D eigenvalue weighted by Crippen LogP contribution is -2.35. The normalized spacial score (nSPS) is 24.9. The number of rotatable bonds is 4. The molecule has 1 aromatic carbocycles. The molecule has 0 radical (unpaired) electrons. The standard InChI is InChI=1S/C15H19NO4/c1-9(18-2)15(17)16-12-8-11(12)10-4-3-5-13-14(10)20-7-6-19-13/h3-5,9,11-12H,6-8H2,1-2H3,(H,16,17). The van der Waals surface area contributed by atoms with E-state index in [1.807, 2.05) is 18.2 Å². The predicted molar refractivity (Wildman–Crippen MR) is 73.2 cm³/mol. The summed E-state index contributed by atoms with van der Waals surface area (Å²) in [5, 5.41) is 3.00. The Balaban J connectivity index is 1.69. The number of ether oxygens (including phenoxy) is 3. The molecule has 3 rings (SSSR count). The van der Waals surface area contributed by atoms with Crippen LogP contribution in [0.3, 0.4) is 0 Å². The molecule has 1 fully saturated rings. The summed E-state index contributed by atoms with van der Waals surface area (Å²) < 4.78 is 16.3. The minimum Gasteiger partial charge on any atom is -0.486 e. The van der Waals surface area contributed by atoms with Gasteiger partial charge in [-0.2, -0.15) is 0 Å². The predicted octanol–water partition coefficient (Wildman–Crippen LogP) is 1.46. The van der Waals surface area contributed by atoms with Gasteiger partial charge in [-0.05, 0) is 19.4 Å². The van der Waals surface area contributed by atoms with Crippen molar-refractivity contribution in [1.82, 2.24) is 5.32 Å². The van der Waals surface area contributed by atoms with E-state index in [0.29, 0.717) is 19.1 Å². The molecule has 2 aliphatic rings. The highest BCUT2D eigenvalue weighted by molar-refractivity contribution is 5.81. The van der Waals surface area contributed by atoms with Gasteiger partial charge in [-0.1, -0.05) is 12.1 Å². The molecule has 0 bridgehead atoms. The summed E-state index contributed by atoms with van der Waals surface area (Å²) in [6.07, 6.45) is 0.516. The van der Waals surface area contributed by atoms with Gasteiger partial charge in [0.1, 0.15) is 19.3 Å². The van der Waals surface area contributed by atoms with Crippen molar-refractivity contribution in [3.63, 3.8) is 0 Å². The van der Waals surface area contributed by atoms with Crippen LogP contribution in [0.15, 0.2) is 18.2 Å². The maximum atomic E-state index is 11.8. The molecule has 3 atom stereocenters. The molecule has 0 saturated heterocycles. The third-order valence-corrected chi connectivity index (χ3v) is 3.84. The van der Waals surface area contributed by atoms with Gasteiger partial charge in [0.25, 0.3) is 0 Å². The van der Waals surface area contributed by atoms with Gasteiger partial charge in [-0.25, -0.2) is 0 Å². The second-order valence-electron chi connectivity index (χ2n) is 5.21. The van der Waals surface area contributed by atoms with E-state index in [2.05, 4.69) is 5.32 Å². The maximum absolute atomic E-state index is 11.8. The number of hydrogen-bond donors (Lipinski definition) is 1. The van der Waals surface area contributed by atoms with Crippen molar-refractivity contribution in [2.24, 2.45) is 0 Å². The van der Waals surface area contributed by atoms with Crippen LogP contribution in [-0.4, -0.2) is 38.4 Å². The first-order valence-electron chi connectivity index (χ1n) is 6.92. The number of hydrogen-bond acceptors (Lipinski definition) is 4. The van der Waals surface area contributed by atoms with E-state index in [0.717, 1.165) is 23.5 Å². The lowest BCUT2D eigenvalue weighted by atomic mass is 10.1. The molecule has 1 aliphatic carbocycles. The molecule has 1 aliphatic heterocycles. The Morgan fingerprint density at radius 1 is 1.40 bits per heavy atom. The second kappa shape index (κ2) is 5.32. The number of benzene rings is 1. The van der Waals surface area contributed by atoms with Crippen LogP contribution < -0.4 is 14.8 Å². The van der Waals surface area contributed by atoms with Gasteiger partial charge in [0.15, 0.2) is 11.5 Å². The highest BCUT2D eigenvalue weighted by Gasteiger charge is 2.42. The fourth-order valence-electron chi connectivity index (χ4n) is 2.49. The number of carbonyl (C=O) groups is 1. The minimum absolute atomic E-state index is 0.0676. The Morgan fingerprint density at radius 2 is 2.20 bits per heavy atom. The van der Waals surface area contributed by atoms with Crippen molar-refractivity contribution >= 4 is 5.91 Å². The van der Waals surface area contributed by atoms with Crippen LogP contribution in [0.4, 0.5) is 0 Å². The Labute approximate surface area is 118 Å². The monoisotopic (exact) mass is 277 g/mol. The Kier molecular flexibility index (Phi) is 3.53. The van der Waals surface area contributed by atoms with E-state index >= 15 is 0 Å². The molecule has 5 nitrogen and oxygen atoms in total. The van der Waals surface area contributed by atoms with E-state index in [1.54, 1.807) is 6.92 Å². The van der Waals surface area contributed by atoms with Crippen molar-refractivity contribution in [3.05, 3.63) is 23.8 Å². The van der Waals surface area contributed by atoms with Gasteiger partial charge in [-0.3, -0.25) is 4.79 Å². The van der Waals surface area contributed by atoms with E-state index in [4.69, 9.17) is 14.2 Å². The fraction of sp³-hybridized carbons (Fsp3) is 0.533. The van der Waals surface area contributed by atoms with Crippen LogP contribution in [0.2, 0.25) is 0 Å². The lowest BCUT2D eigenvalue weighted by Gasteiger charge is -2.21. The molecule has 0 spiro atoms. The zero-order valence-electron chi connectivity index (χ0n) is 11.7. The van der Waals surface area contributed by atoms with Crippen molar-refractivity contribution in [3.8, 4) is 11.5 Å². The highest BCUT2D eigenvalue weighted by atomic mass is 16.6. The van der Waals surface area contributed by atoms with Gasteiger partial charge in [0.2, 0.25) is 5.91 Å². The summed E-state index contributed by atoms with van der Waals surface area (Å²) in [4.78, 5) is 11.8. The summed E-state index contributed by atoms with van der Waals surface area (Å²) in [5.41, 5.74) is 1.12. The topological polar surface area (TPSA) is 56.8 Å². The molecule has 3 unspecified atom stereocenters. The second-order valence-corrected chi connectivity index (χ2v) is 5.21. The molecule has 108 valence electrons. The first kappa shape index (κ1) is 13.2.